The molecule has 3 aromatic rings. The fraction of sp³-hybridized carbons (Fsp3) is 0. The van der Waals surface area contributed by atoms with Gasteiger partial charge >= 0.3 is 0 Å². The lowest BCUT2D eigenvalue weighted by atomic mass is 10.2. The third kappa shape index (κ3) is 1.79. The Kier molecular flexibility index (Phi) is 2.42. The minimum atomic E-state index is -0.466. The van der Waals surface area contributed by atoms with Gasteiger partial charge in [-0.25, -0.2) is 4.98 Å². The van der Waals surface area contributed by atoms with Gasteiger partial charge in [0.1, 0.15) is 6.33 Å². The molecule has 0 unspecified atom stereocenters. The van der Waals surface area contributed by atoms with E-state index in [-0.39, 0.29) is 5.69 Å². The molecule has 0 spiro atoms. The smallest absolute Gasteiger partial charge is 0.271 e. The maximum atomic E-state index is 10.7. The molecule has 0 amide bonds. The van der Waals surface area contributed by atoms with Crippen molar-refractivity contribution in [3.05, 3.63) is 58.9 Å². The van der Waals surface area contributed by atoms with Crippen LogP contribution in [0.1, 0.15) is 0 Å². The molecule has 1 heterocycles. The third-order valence-corrected chi connectivity index (χ3v) is 2.94. The van der Waals surface area contributed by atoms with E-state index < -0.39 is 4.92 Å². The minimum Gasteiger partial charge on any atom is -0.397 e. The maximum Gasteiger partial charge on any atom is 0.271 e. The van der Waals surface area contributed by atoms with Crippen LogP contribution in [-0.4, -0.2) is 14.5 Å². The summed E-state index contributed by atoms with van der Waals surface area (Å²) in [4.78, 5) is 14.5. The van der Waals surface area contributed by atoms with E-state index in [0.29, 0.717) is 11.4 Å². The zero-order chi connectivity index (χ0) is 13.4. The number of fused-ring (bicyclic) bond motifs is 1. The average Bonchev–Trinajstić information content (AvgIpc) is 2.82. The van der Waals surface area contributed by atoms with E-state index in [4.69, 9.17) is 5.73 Å². The molecule has 2 aromatic carbocycles. The topological polar surface area (TPSA) is 87.0 Å². The van der Waals surface area contributed by atoms with Gasteiger partial charge in [0.15, 0.2) is 0 Å². The molecule has 1 aromatic heterocycles. The van der Waals surface area contributed by atoms with E-state index >= 15 is 0 Å². The number of hydrogen-bond acceptors (Lipinski definition) is 4. The molecule has 3 rings (SSSR count). The second kappa shape index (κ2) is 4.09. The number of para-hydroxylation sites is 2. The second-order valence-corrected chi connectivity index (χ2v) is 4.10. The number of nitro benzene ring substituents is 1. The molecular weight excluding hydrogens is 244 g/mol. The summed E-state index contributed by atoms with van der Waals surface area (Å²) in [5, 5.41) is 10.7. The highest BCUT2D eigenvalue weighted by atomic mass is 16.6. The number of nitrogen functional groups attached to an aromatic ring is 1. The zero-order valence-corrected chi connectivity index (χ0v) is 9.85. The highest BCUT2D eigenvalue weighted by Crippen LogP contribution is 2.26. The molecule has 0 aliphatic carbocycles. The molecule has 6 heteroatoms. The monoisotopic (exact) mass is 254 g/mol. The number of nitro groups is 1. The van der Waals surface area contributed by atoms with Crippen LogP contribution >= 0.6 is 0 Å². The fourth-order valence-corrected chi connectivity index (χ4v) is 2.03. The summed E-state index contributed by atoms with van der Waals surface area (Å²) in [7, 11) is 0. The molecule has 6 nitrogen and oxygen atoms in total. The van der Waals surface area contributed by atoms with Crippen molar-refractivity contribution in [3.63, 3.8) is 0 Å². The van der Waals surface area contributed by atoms with Crippen LogP contribution in [0, 0.1) is 10.1 Å². The molecule has 0 bridgehead atoms. The van der Waals surface area contributed by atoms with Gasteiger partial charge in [0.05, 0.1) is 27.3 Å². The van der Waals surface area contributed by atoms with Crippen LogP contribution in [0.15, 0.2) is 48.8 Å². The predicted octanol–water partition coefficient (Wildman–Crippen LogP) is 2.52. The lowest BCUT2D eigenvalue weighted by molar-refractivity contribution is -0.384. The Hall–Kier alpha value is -2.89. The Morgan fingerprint density at radius 1 is 1.21 bits per heavy atom. The van der Waals surface area contributed by atoms with E-state index in [2.05, 4.69) is 4.98 Å². The fourth-order valence-electron chi connectivity index (χ4n) is 2.03. The standard InChI is InChI=1S/C13H10N4O2/c14-10-7-9(17(18)19)5-6-12(10)16-8-15-11-3-1-2-4-13(11)16/h1-8H,14H2. The highest BCUT2D eigenvalue weighted by molar-refractivity contribution is 5.79. The summed E-state index contributed by atoms with van der Waals surface area (Å²) in [6, 6.07) is 12.0. The molecule has 0 saturated carbocycles. The van der Waals surface area contributed by atoms with Gasteiger partial charge in [0.25, 0.3) is 5.69 Å². The summed E-state index contributed by atoms with van der Waals surface area (Å²) in [6.07, 6.45) is 1.65. The first kappa shape index (κ1) is 11.2. The minimum absolute atomic E-state index is 0.0225. The van der Waals surface area contributed by atoms with Crippen molar-refractivity contribution >= 4 is 22.4 Å². The molecule has 0 aliphatic heterocycles. The van der Waals surface area contributed by atoms with Crippen LogP contribution in [0.25, 0.3) is 16.7 Å². The normalized spacial score (nSPS) is 10.7. The predicted molar refractivity (Wildman–Crippen MR) is 72.1 cm³/mol. The van der Waals surface area contributed by atoms with Gasteiger partial charge in [-0.3, -0.25) is 14.7 Å². The first-order chi connectivity index (χ1) is 9.16. The van der Waals surface area contributed by atoms with Gasteiger partial charge in [-0.15, -0.1) is 0 Å². The van der Waals surface area contributed by atoms with Gasteiger partial charge in [-0.2, -0.15) is 0 Å². The van der Waals surface area contributed by atoms with E-state index in [1.54, 1.807) is 12.4 Å². The quantitative estimate of drug-likeness (QED) is 0.432. The first-order valence-corrected chi connectivity index (χ1v) is 5.63. The van der Waals surface area contributed by atoms with Crippen molar-refractivity contribution in [2.75, 3.05) is 5.73 Å². The summed E-state index contributed by atoms with van der Waals surface area (Å²) in [5.41, 5.74) is 8.64. The molecule has 0 radical (unpaired) electrons. The van der Waals surface area contributed by atoms with Crippen molar-refractivity contribution in [2.24, 2.45) is 0 Å². The van der Waals surface area contributed by atoms with Gasteiger partial charge < -0.3 is 5.73 Å². The Bertz CT molecular complexity index is 779. The lowest BCUT2D eigenvalue weighted by Crippen LogP contribution is -1.99. The maximum absolute atomic E-state index is 10.7. The van der Waals surface area contributed by atoms with Gasteiger partial charge in [-0.1, -0.05) is 12.1 Å². The molecule has 0 atom stereocenters. The number of anilines is 1. The Morgan fingerprint density at radius 2 is 2.00 bits per heavy atom. The SMILES string of the molecule is Nc1cc([N+](=O)[O-])ccc1-n1cnc2ccccc21. The summed E-state index contributed by atoms with van der Waals surface area (Å²) in [5.74, 6) is 0. The van der Waals surface area contributed by atoms with Crippen LogP contribution < -0.4 is 5.73 Å². The number of aromatic nitrogens is 2. The van der Waals surface area contributed by atoms with Crippen molar-refractivity contribution in [3.8, 4) is 5.69 Å². The molecule has 94 valence electrons. The lowest BCUT2D eigenvalue weighted by Gasteiger charge is -2.07. The van der Waals surface area contributed by atoms with Crippen molar-refractivity contribution in [1.82, 2.24) is 9.55 Å². The number of imidazole rings is 1. The molecule has 19 heavy (non-hydrogen) atoms. The number of benzene rings is 2. The number of nitrogens with two attached hydrogens (primary N) is 1. The van der Waals surface area contributed by atoms with Crippen molar-refractivity contribution in [2.45, 2.75) is 0 Å². The van der Waals surface area contributed by atoms with Crippen LogP contribution in [0.4, 0.5) is 11.4 Å². The van der Waals surface area contributed by atoms with E-state index in [1.807, 2.05) is 28.8 Å². The summed E-state index contributed by atoms with van der Waals surface area (Å²) < 4.78 is 1.81. The number of nitrogens with zero attached hydrogens (tertiary/aromatic N) is 3. The number of hydrogen-bond donors (Lipinski definition) is 1. The van der Waals surface area contributed by atoms with E-state index in [9.17, 15) is 10.1 Å². The Labute approximate surface area is 108 Å². The van der Waals surface area contributed by atoms with Crippen LogP contribution in [-0.2, 0) is 0 Å². The van der Waals surface area contributed by atoms with Crippen LogP contribution in [0.2, 0.25) is 0 Å². The largest absolute Gasteiger partial charge is 0.397 e. The zero-order valence-electron chi connectivity index (χ0n) is 9.85. The second-order valence-electron chi connectivity index (χ2n) is 4.10. The Balaban J connectivity index is 2.19. The molecule has 0 saturated heterocycles. The van der Waals surface area contributed by atoms with Crippen LogP contribution in [0.5, 0.6) is 0 Å². The average molecular weight is 254 g/mol. The third-order valence-electron chi connectivity index (χ3n) is 2.94. The van der Waals surface area contributed by atoms with E-state index in [0.717, 1.165) is 11.0 Å². The first-order valence-electron chi connectivity index (χ1n) is 5.63. The Morgan fingerprint density at radius 3 is 2.74 bits per heavy atom. The van der Waals surface area contributed by atoms with Gasteiger partial charge in [0, 0.05) is 12.1 Å². The molecule has 0 aliphatic rings. The number of non-ortho nitro benzene ring substituents is 1. The molecule has 2 N–H and O–H groups in total. The highest BCUT2D eigenvalue weighted by Gasteiger charge is 2.11. The van der Waals surface area contributed by atoms with Gasteiger partial charge in [-0.05, 0) is 18.2 Å². The number of rotatable bonds is 2. The van der Waals surface area contributed by atoms with Crippen molar-refractivity contribution in [1.29, 1.82) is 0 Å². The van der Waals surface area contributed by atoms with E-state index in [1.165, 1.54) is 12.1 Å². The van der Waals surface area contributed by atoms with Gasteiger partial charge in [0.2, 0.25) is 0 Å². The van der Waals surface area contributed by atoms with Crippen LogP contribution in [0.3, 0.4) is 0 Å². The molecule has 0 fully saturated rings. The summed E-state index contributed by atoms with van der Waals surface area (Å²) in [6.45, 7) is 0. The summed E-state index contributed by atoms with van der Waals surface area (Å²) >= 11 is 0. The molecular formula is C13H10N4O2. The van der Waals surface area contributed by atoms with Crippen molar-refractivity contribution < 1.29 is 4.92 Å².